The second-order valence-corrected chi connectivity index (χ2v) is 6.35. The molecule has 2 aliphatic heterocycles. The quantitative estimate of drug-likeness (QED) is 0.731. The number of amides is 2. The zero-order valence-electron chi connectivity index (χ0n) is 12.1. The SMILES string of the molecule is NC(=O)c1cn2c(cc1=O)C(=O)N1C(C2)NCC2CCCC21. The topological polar surface area (TPSA) is 97.4 Å². The molecule has 3 aliphatic rings. The molecule has 4 rings (SSSR count). The highest BCUT2D eigenvalue weighted by atomic mass is 16.2. The number of nitrogens with two attached hydrogens (primary N) is 1. The average Bonchev–Trinajstić information content (AvgIpc) is 2.95. The van der Waals surface area contributed by atoms with Gasteiger partial charge < -0.3 is 15.2 Å². The maximum Gasteiger partial charge on any atom is 0.272 e. The van der Waals surface area contributed by atoms with Crippen LogP contribution in [-0.2, 0) is 6.54 Å². The van der Waals surface area contributed by atoms with Crippen LogP contribution in [0.4, 0.5) is 0 Å². The molecular weight excluding hydrogens is 284 g/mol. The van der Waals surface area contributed by atoms with Gasteiger partial charge >= 0.3 is 0 Å². The van der Waals surface area contributed by atoms with Crippen molar-refractivity contribution in [2.24, 2.45) is 11.7 Å². The summed E-state index contributed by atoms with van der Waals surface area (Å²) in [5.41, 5.74) is 5.01. The van der Waals surface area contributed by atoms with Crippen molar-refractivity contribution >= 4 is 11.8 Å². The molecule has 1 aromatic heterocycles. The molecule has 2 fully saturated rings. The minimum Gasteiger partial charge on any atom is -0.365 e. The van der Waals surface area contributed by atoms with Crippen LogP contribution in [-0.4, -0.2) is 40.0 Å². The van der Waals surface area contributed by atoms with Crippen molar-refractivity contribution in [3.05, 3.63) is 33.7 Å². The highest BCUT2D eigenvalue weighted by Gasteiger charge is 2.45. The predicted octanol–water partition coefficient (Wildman–Crippen LogP) is -0.499. The molecule has 0 spiro atoms. The molecule has 0 aromatic carbocycles. The minimum absolute atomic E-state index is 0.0699. The lowest BCUT2D eigenvalue weighted by Crippen LogP contribution is -2.65. The van der Waals surface area contributed by atoms with Crippen LogP contribution in [0.2, 0.25) is 0 Å². The second kappa shape index (κ2) is 4.67. The third kappa shape index (κ3) is 1.81. The van der Waals surface area contributed by atoms with Gasteiger partial charge in [0.1, 0.15) is 17.4 Å². The summed E-state index contributed by atoms with van der Waals surface area (Å²) in [6.07, 6.45) is 4.64. The number of hydrogen-bond acceptors (Lipinski definition) is 4. The molecule has 2 amide bonds. The normalized spacial score (nSPS) is 29.7. The van der Waals surface area contributed by atoms with Crippen molar-refractivity contribution < 1.29 is 9.59 Å². The molecule has 3 atom stereocenters. The first-order chi connectivity index (χ1) is 10.6. The Morgan fingerprint density at radius 2 is 2.14 bits per heavy atom. The van der Waals surface area contributed by atoms with E-state index in [9.17, 15) is 14.4 Å². The summed E-state index contributed by atoms with van der Waals surface area (Å²) >= 11 is 0. The predicted molar refractivity (Wildman–Crippen MR) is 78.3 cm³/mol. The van der Waals surface area contributed by atoms with E-state index in [0.29, 0.717) is 18.2 Å². The Balaban J connectivity index is 1.78. The van der Waals surface area contributed by atoms with Crippen molar-refractivity contribution in [3.8, 4) is 0 Å². The molecule has 7 heteroatoms. The first-order valence-electron chi connectivity index (χ1n) is 7.66. The van der Waals surface area contributed by atoms with Crippen LogP contribution in [0.3, 0.4) is 0 Å². The van der Waals surface area contributed by atoms with Gasteiger partial charge in [-0.15, -0.1) is 0 Å². The Bertz CT molecular complexity index is 726. The van der Waals surface area contributed by atoms with E-state index in [1.54, 1.807) is 4.57 Å². The average molecular weight is 302 g/mol. The molecule has 1 saturated carbocycles. The van der Waals surface area contributed by atoms with E-state index in [1.165, 1.54) is 12.3 Å². The van der Waals surface area contributed by atoms with Gasteiger partial charge in [-0.25, -0.2) is 0 Å². The number of hydrogen-bond donors (Lipinski definition) is 2. The summed E-state index contributed by atoms with van der Waals surface area (Å²) in [6, 6.07) is 1.51. The Labute approximate surface area is 127 Å². The van der Waals surface area contributed by atoms with E-state index >= 15 is 0 Å². The molecule has 1 saturated heterocycles. The fraction of sp³-hybridized carbons (Fsp3) is 0.533. The summed E-state index contributed by atoms with van der Waals surface area (Å²) < 4.78 is 1.67. The fourth-order valence-electron chi connectivity index (χ4n) is 4.10. The lowest BCUT2D eigenvalue weighted by molar-refractivity contribution is 0.0166. The number of aromatic nitrogens is 1. The molecule has 1 aromatic rings. The Morgan fingerprint density at radius 3 is 2.91 bits per heavy atom. The first-order valence-corrected chi connectivity index (χ1v) is 7.66. The van der Waals surface area contributed by atoms with Crippen LogP contribution >= 0.6 is 0 Å². The van der Waals surface area contributed by atoms with Gasteiger partial charge in [-0.1, -0.05) is 6.42 Å². The van der Waals surface area contributed by atoms with E-state index in [2.05, 4.69) is 5.32 Å². The van der Waals surface area contributed by atoms with Crippen molar-refractivity contribution in [1.82, 2.24) is 14.8 Å². The number of fused-ring (bicyclic) bond motifs is 4. The van der Waals surface area contributed by atoms with Crippen molar-refractivity contribution in [1.29, 1.82) is 0 Å². The number of nitrogens with zero attached hydrogens (tertiary/aromatic N) is 2. The number of pyridine rings is 1. The van der Waals surface area contributed by atoms with E-state index in [1.807, 2.05) is 4.90 Å². The second-order valence-electron chi connectivity index (χ2n) is 6.35. The first kappa shape index (κ1) is 13.5. The molecule has 0 bridgehead atoms. The molecule has 3 unspecified atom stereocenters. The summed E-state index contributed by atoms with van der Waals surface area (Å²) in [5, 5.41) is 3.42. The number of rotatable bonds is 1. The third-order valence-electron chi connectivity index (χ3n) is 5.14. The molecule has 0 radical (unpaired) electrons. The van der Waals surface area contributed by atoms with E-state index < -0.39 is 11.3 Å². The zero-order chi connectivity index (χ0) is 15.4. The number of nitrogens with one attached hydrogen (secondary N) is 1. The monoisotopic (exact) mass is 302 g/mol. The minimum atomic E-state index is -0.761. The summed E-state index contributed by atoms with van der Waals surface area (Å²) in [6.45, 7) is 1.45. The van der Waals surface area contributed by atoms with Crippen molar-refractivity contribution in [2.75, 3.05) is 6.54 Å². The molecular formula is C15H18N4O3. The molecule has 3 heterocycles. The van der Waals surface area contributed by atoms with Gasteiger partial charge in [0.2, 0.25) is 0 Å². The van der Waals surface area contributed by atoms with Crippen LogP contribution in [0, 0.1) is 5.92 Å². The highest BCUT2D eigenvalue weighted by Crippen LogP contribution is 2.35. The summed E-state index contributed by atoms with van der Waals surface area (Å²) in [7, 11) is 0. The van der Waals surface area contributed by atoms with Crippen molar-refractivity contribution in [3.63, 3.8) is 0 Å². The summed E-state index contributed by atoms with van der Waals surface area (Å²) in [5.74, 6) is -0.389. The Morgan fingerprint density at radius 1 is 1.32 bits per heavy atom. The number of carbonyl (C=O) groups is 2. The number of carbonyl (C=O) groups excluding carboxylic acids is 2. The van der Waals surface area contributed by atoms with Gasteiger partial charge in [-0.3, -0.25) is 19.7 Å². The van der Waals surface area contributed by atoms with Gasteiger partial charge in [0, 0.05) is 24.8 Å². The maximum atomic E-state index is 12.8. The van der Waals surface area contributed by atoms with Gasteiger partial charge in [0.15, 0.2) is 5.43 Å². The van der Waals surface area contributed by atoms with E-state index in [-0.39, 0.29) is 23.7 Å². The van der Waals surface area contributed by atoms with E-state index in [4.69, 9.17) is 5.73 Å². The smallest absolute Gasteiger partial charge is 0.272 e. The van der Waals surface area contributed by atoms with Crippen molar-refractivity contribution in [2.45, 2.75) is 38.0 Å². The standard InChI is InChI=1S/C15H18N4O3/c16-14(21)9-6-18-7-13-17-5-8-2-1-3-10(8)19(13)15(22)11(18)4-12(9)20/h4,6,8,10,13,17H,1-3,5,7H2,(H2,16,21). The lowest BCUT2D eigenvalue weighted by Gasteiger charge is -2.47. The van der Waals surface area contributed by atoms with Crippen LogP contribution in [0.5, 0.6) is 0 Å². The zero-order valence-corrected chi connectivity index (χ0v) is 12.1. The Kier molecular flexibility index (Phi) is 2.87. The molecule has 22 heavy (non-hydrogen) atoms. The summed E-state index contributed by atoms with van der Waals surface area (Å²) in [4.78, 5) is 38.0. The maximum absolute atomic E-state index is 12.8. The van der Waals surface area contributed by atoms with Crippen LogP contribution in [0.1, 0.15) is 40.1 Å². The number of primary amides is 1. The lowest BCUT2D eigenvalue weighted by atomic mass is 9.96. The molecule has 1 aliphatic carbocycles. The van der Waals surface area contributed by atoms with E-state index in [0.717, 1.165) is 25.8 Å². The molecule has 116 valence electrons. The molecule has 7 nitrogen and oxygen atoms in total. The van der Waals surface area contributed by atoms with Gasteiger partial charge in [-0.2, -0.15) is 0 Å². The highest BCUT2D eigenvalue weighted by molar-refractivity contribution is 5.96. The third-order valence-corrected chi connectivity index (χ3v) is 5.14. The van der Waals surface area contributed by atoms with Gasteiger partial charge in [-0.05, 0) is 18.8 Å². The fourth-order valence-corrected chi connectivity index (χ4v) is 4.10. The van der Waals surface area contributed by atoms with Gasteiger partial charge in [0.05, 0.1) is 6.54 Å². The largest absolute Gasteiger partial charge is 0.365 e. The van der Waals surface area contributed by atoms with Crippen LogP contribution < -0.4 is 16.5 Å². The van der Waals surface area contributed by atoms with Crippen LogP contribution in [0.25, 0.3) is 0 Å². The van der Waals surface area contributed by atoms with Gasteiger partial charge in [0.25, 0.3) is 11.8 Å². The Hall–Kier alpha value is -2.15. The molecule has 3 N–H and O–H groups in total. The van der Waals surface area contributed by atoms with Crippen LogP contribution in [0.15, 0.2) is 17.1 Å².